The number of carbonyl (C=O) groups is 2. The van der Waals surface area contributed by atoms with Crippen LogP contribution in [0.5, 0.6) is 17.2 Å². The Morgan fingerprint density at radius 2 is 1.87 bits per heavy atom. The Bertz CT molecular complexity index is 1570. The average molecular weight is 630 g/mol. The maximum Gasteiger partial charge on any atom is 0.355 e. The van der Waals surface area contributed by atoms with Crippen LogP contribution in [-0.4, -0.2) is 31.8 Å². The number of nitrogens with one attached hydrogen (secondary N) is 1. The lowest BCUT2D eigenvalue weighted by molar-refractivity contribution is -0.123. The lowest BCUT2D eigenvalue weighted by atomic mass is 10.0. The molecule has 1 heterocycles. The Kier molecular flexibility index (Phi) is 9.27. The first-order valence-electron chi connectivity index (χ1n) is 12.0. The van der Waals surface area contributed by atoms with Gasteiger partial charge in [0.25, 0.3) is 5.91 Å². The van der Waals surface area contributed by atoms with Crippen LogP contribution in [-0.2, 0) is 4.79 Å². The number of ether oxygens (including phenoxy) is 3. The molecule has 0 fully saturated rings. The van der Waals surface area contributed by atoms with E-state index in [4.69, 9.17) is 25.8 Å². The molecule has 0 bridgehead atoms. The number of methoxy groups -OCH3 is 1. The van der Waals surface area contributed by atoms with E-state index in [0.29, 0.717) is 27.0 Å². The van der Waals surface area contributed by atoms with Crippen LogP contribution < -0.4 is 19.6 Å². The Balaban J connectivity index is 1.38. The summed E-state index contributed by atoms with van der Waals surface area (Å²) in [6.07, 6.45) is 1.46. The SMILES string of the molecule is COc1cc(C=NNC(=O)COc2cc(C)c(Br)cc2C(C)C)ccc1OC(=O)c1sc2ccccc2c1Cl. The summed E-state index contributed by atoms with van der Waals surface area (Å²) in [4.78, 5) is 25.5. The van der Waals surface area contributed by atoms with Gasteiger partial charge in [0.05, 0.1) is 18.3 Å². The molecule has 39 heavy (non-hydrogen) atoms. The third-order valence-electron chi connectivity index (χ3n) is 5.79. The highest BCUT2D eigenvalue weighted by Gasteiger charge is 2.20. The van der Waals surface area contributed by atoms with E-state index in [2.05, 4.69) is 40.3 Å². The van der Waals surface area contributed by atoms with Crippen molar-refractivity contribution in [1.29, 1.82) is 0 Å². The van der Waals surface area contributed by atoms with Gasteiger partial charge in [0.1, 0.15) is 10.6 Å². The fourth-order valence-electron chi connectivity index (χ4n) is 3.74. The minimum atomic E-state index is -0.574. The number of thiophene rings is 1. The molecule has 0 spiro atoms. The minimum absolute atomic E-state index is 0.184. The smallest absolute Gasteiger partial charge is 0.355 e. The molecule has 0 atom stereocenters. The maximum absolute atomic E-state index is 12.8. The standard InChI is InChI=1S/C29H26BrClN2O5S/c1-16(2)20-13-21(30)17(3)11-23(20)37-15-26(34)33-32-14-18-9-10-22(24(12-18)36-4)38-29(35)28-27(31)19-7-5-6-8-25(19)39-28/h5-14,16H,15H2,1-4H3,(H,33,34). The van der Waals surface area contributed by atoms with Gasteiger partial charge in [0.2, 0.25) is 0 Å². The summed E-state index contributed by atoms with van der Waals surface area (Å²) in [5, 5.41) is 5.16. The number of hydrazone groups is 1. The molecule has 0 aliphatic heterocycles. The summed E-state index contributed by atoms with van der Waals surface area (Å²) < 4.78 is 18.6. The molecular weight excluding hydrogens is 604 g/mol. The number of benzene rings is 3. The predicted octanol–water partition coefficient (Wildman–Crippen LogP) is 7.51. The van der Waals surface area contributed by atoms with Gasteiger partial charge in [0, 0.05) is 14.6 Å². The summed E-state index contributed by atoms with van der Waals surface area (Å²) in [6, 6.07) is 16.3. The first-order chi connectivity index (χ1) is 18.7. The highest BCUT2D eigenvalue weighted by Crippen LogP contribution is 2.37. The molecule has 202 valence electrons. The van der Waals surface area contributed by atoms with Crippen LogP contribution in [0.3, 0.4) is 0 Å². The number of amides is 1. The molecule has 1 aromatic heterocycles. The quantitative estimate of drug-likeness (QED) is 0.0897. The number of rotatable bonds is 9. The van der Waals surface area contributed by atoms with Crippen molar-refractivity contribution in [2.75, 3.05) is 13.7 Å². The Morgan fingerprint density at radius 1 is 1.10 bits per heavy atom. The van der Waals surface area contributed by atoms with Gasteiger partial charge in [-0.15, -0.1) is 11.3 Å². The number of halogens is 2. The van der Waals surface area contributed by atoms with Crippen LogP contribution >= 0.6 is 38.9 Å². The van der Waals surface area contributed by atoms with Crippen molar-refractivity contribution >= 4 is 67.0 Å². The van der Waals surface area contributed by atoms with Gasteiger partial charge < -0.3 is 14.2 Å². The van der Waals surface area contributed by atoms with Crippen LogP contribution in [0.4, 0.5) is 0 Å². The van der Waals surface area contributed by atoms with Crippen molar-refractivity contribution in [1.82, 2.24) is 5.43 Å². The summed E-state index contributed by atoms with van der Waals surface area (Å²) in [7, 11) is 1.47. The zero-order valence-corrected chi connectivity index (χ0v) is 24.9. The summed E-state index contributed by atoms with van der Waals surface area (Å²) in [6.45, 7) is 5.91. The number of fused-ring (bicyclic) bond motifs is 1. The Labute approximate surface area is 243 Å². The van der Waals surface area contributed by atoms with Gasteiger partial charge in [0.15, 0.2) is 18.1 Å². The molecule has 0 unspecified atom stereocenters. The van der Waals surface area contributed by atoms with Gasteiger partial charge in [-0.05, 0) is 65.9 Å². The van der Waals surface area contributed by atoms with Crippen molar-refractivity contribution in [3.63, 3.8) is 0 Å². The first-order valence-corrected chi connectivity index (χ1v) is 14.0. The molecule has 0 saturated heterocycles. The number of hydrogen-bond donors (Lipinski definition) is 1. The number of nitrogens with zero attached hydrogens (tertiary/aromatic N) is 1. The molecule has 0 aliphatic carbocycles. The summed E-state index contributed by atoms with van der Waals surface area (Å²) in [5.74, 6) is 0.477. The van der Waals surface area contributed by atoms with Crippen LogP contribution in [0.2, 0.25) is 5.02 Å². The summed E-state index contributed by atoms with van der Waals surface area (Å²) in [5.41, 5.74) is 5.10. The fourth-order valence-corrected chi connectivity index (χ4v) is 5.49. The second kappa shape index (κ2) is 12.6. The van der Waals surface area contributed by atoms with Crippen molar-refractivity contribution in [2.24, 2.45) is 5.10 Å². The van der Waals surface area contributed by atoms with Crippen molar-refractivity contribution in [2.45, 2.75) is 26.7 Å². The first kappa shape index (κ1) is 28.6. The second-order valence-electron chi connectivity index (χ2n) is 8.92. The van der Waals surface area contributed by atoms with Crippen LogP contribution in [0, 0.1) is 6.92 Å². The third kappa shape index (κ3) is 6.79. The molecule has 0 radical (unpaired) electrons. The van der Waals surface area contributed by atoms with Gasteiger partial charge in [-0.1, -0.05) is 59.6 Å². The van der Waals surface area contributed by atoms with Crippen molar-refractivity contribution < 1.29 is 23.8 Å². The highest BCUT2D eigenvalue weighted by molar-refractivity contribution is 9.10. The number of aryl methyl sites for hydroxylation is 1. The molecule has 7 nitrogen and oxygen atoms in total. The van der Waals surface area contributed by atoms with E-state index in [1.807, 2.05) is 43.3 Å². The minimum Gasteiger partial charge on any atom is -0.493 e. The maximum atomic E-state index is 12.8. The topological polar surface area (TPSA) is 86.2 Å². The zero-order chi connectivity index (χ0) is 28.1. The molecule has 10 heteroatoms. The molecule has 4 aromatic rings. The van der Waals surface area contributed by atoms with E-state index in [1.54, 1.807) is 18.2 Å². The second-order valence-corrected chi connectivity index (χ2v) is 11.2. The predicted molar refractivity (Wildman–Crippen MR) is 159 cm³/mol. The number of esters is 1. The van der Waals surface area contributed by atoms with Gasteiger partial charge >= 0.3 is 5.97 Å². The Hall–Kier alpha value is -3.40. The molecule has 0 aliphatic rings. The van der Waals surface area contributed by atoms with Crippen molar-refractivity contribution in [3.8, 4) is 17.2 Å². The molecule has 1 amide bonds. The number of hydrogen-bond acceptors (Lipinski definition) is 7. The largest absolute Gasteiger partial charge is 0.493 e. The van der Waals surface area contributed by atoms with Crippen molar-refractivity contribution in [3.05, 3.63) is 85.7 Å². The molecule has 3 aromatic carbocycles. The fraction of sp³-hybridized carbons (Fsp3) is 0.207. The zero-order valence-electron chi connectivity index (χ0n) is 21.7. The van der Waals surface area contributed by atoms with E-state index in [9.17, 15) is 9.59 Å². The monoisotopic (exact) mass is 628 g/mol. The van der Waals surface area contributed by atoms with Gasteiger partial charge in [-0.3, -0.25) is 4.79 Å². The van der Waals surface area contributed by atoms with Crippen LogP contribution in [0.1, 0.15) is 46.1 Å². The Morgan fingerprint density at radius 3 is 2.59 bits per heavy atom. The van der Waals surface area contributed by atoms with Gasteiger partial charge in [-0.25, -0.2) is 10.2 Å². The highest BCUT2D eigenvalue weighted by atomic mass is 79.9. The van der Waals surface area contributed by atoms with Crippen LogP contribution in [0.15, 0.2) is 64.2 Å². The van der Waals surface area contributed by atoms with E-state index in [0.717, 1.165) is 25.7 Å². The average Bonchev–Trinajstić information content (AvgIpc) is 3.26. The van der Waals surface area contributed by atoms with E-state index in [1.165, 1.54) is 24.7 Å². The number of carbonyl (C=O) groups excluding carboxylic acids is 2. The molecule has 4 rings (SSSR count). The molecular formula is C29H26BrClN2O5S. The summed E-state index contributed by atoms with van der Waals surface area (Å²) >= 11 is 11.2. The molecule has 0 saturated carbocycles. The van der Waals surface area contributed by atoms with Crippen LogP contribution in [0.25, 0.3) is 10.1 Å². The normalized spacial score (nSPS) is 11.3. The lowest BCUT2D eigenvalue weighted by Gasteiger charge is -2.15. The molecule has 1 N–H and O–H groups in total. The third-order valence-corrected chi connectivity index (χ3v) is 8.30. The van der Waals surface area contributed by atoms with E-state index < -0.39 is 11.9 Å². The van der Waals surface area contributed by atoms with E-state index in [-0.39, 0.29) is 18.3 Å². The van der Waals surface area contributed by atoms with E-state index >= 15 is 0 Å². The lowest BCUT2D eigenvalue weighted by Crippen LogP contribution is -2.25. The van der Waals surface area contributed by atoms with Gasteiger partial charge in [-0.2, -0.15) is 5.10 Å².